The van der Waals surface area contributed by atoms with Gasteiger partial charge in [-0.2, -0.15) is 0 Å². The lowest BCUT2D eigenvalue weighted by atomic mass is 10.2. The van der Waals surface area contributed by atoms with Gasteiger partial charge in [-0.05, 0) is 26.0 Å². The molecule has 4 nitrogen and oxygen atoms in total. The minimum atomic E-state index is -0.397. The molecule has 102 valence electrons. The summed E-state index contributed by atoms with van der Waals surface area (Å²) in [5, 5.41) is 5.76. The van der Waals surface area contributed by atoms with Crippen LogP contribution in [-0.2, 0) is 11.2 Å². The van der Waals surface area contributed by atoms with Crippen molar-refractivity contribution in [3.8, 4) is 0 Å². The van der Waals surface area contributed by atoms with Crippen LogP contribution in [0, 0.1) is 6.92 Å². The van der Waals surface area contributed by atoms with E-state index in [2.05, 4.69) is 41.0 Å². The second kappa shape index (κ2) is 6.16. The van der Waals surface area contributed by atoms with E-state index in [1.165, 1.54) is 28.2 Å². The van der Waals surface area contributed by atoms with E-state index in [1.807, 2.05) is 11.3 Å². The van der Waals surface area contributed by atoms with Gasteiger partial charge in [0.25, 0.3) is 0 Å². The Bertz CT molecular complexity index is 562. The zero-order valence-electron chi connectivity index (χ0n) is 11.1. The monoisotopic (exact) mass is 296 g/mol. The van der Waals surface area contributed by atoms with Gasteiger partial charge in [-0.15, -0.1) is 22.7 Å². The molecule has 19 heavy (non-hydrogen) atoms. The molecule has 0 bridgehead atoms. The quantitative estimate of drug-likeness (QED) is 0.860. The molecule has 0 saturated heterocycles. The third-order valence-corrected chi connectivity index (χ3v) is 4.37. The number of aromatic nitrogens is 1. The predicted octanol–water partition coefficient (Wildman–Crippen LogP) is 3.34. The SMILES string of the molecule is COC(=O)c1csc(NC(C)Cc2ccc(C)s2)n1. The molecule has 0 aromatic carbocycles. The Hall–Kier alpha value is -1.40. The molecule has 0 saturated carbocycles. The van der Waals surface area contributed by atoms with Gasteiger partial charge in [0.1, 0.15) is 0 Å². The van der Waals surface area contributed by atoms with Crippen molar-refractivity contribution in [2.24, 2.45) is 0 Å². The Morgan fingerprint density at radius 1 is 1.53 bits per heavy atom. The fourth-order valence-electron chi connectivity index (χ4n) is 1.70. The minimum Gasteiger partial charge on any atom is -0.464 e. The number of nitrogens with one attached hydrogen (secondary N) is 1. The lowest BCUT2D eigenvalue weighted by Gasteiger charge is -2.11. The molecular formula is C13H16N2O2S2. The van der Waals surface area contributed by atoms with E-state index in [4.69, 9.17) is 0 Å². The summed E-state index contributed by atoms with van der Waals surface area (Å²) in [5.41, 5.74) is 0.356. The minimum absolute atomic E-state index is 0.273. The van der Waals surface area contributed by atoms with E-state index in [0.717, 1.165) is 11.6 Å². The summed E-state index contributed by atoms with van der Waals surface area (Å²) in [6.07, 6.45) is 0.950. The van der Waals surface area contributed by atoms with Gasteiger partial charge in [-0.3, -0.25) is 0 Å². The highest BCUT2D eigenvalue weighted by Crippen LogP contribution is 2.20. The van der Waals surface area contributed by atoms with Crippen molar-refractivity contribution in [2.45, 2.75) is 26.3 Å². The van der Waals surface area contributed by atoms with Gasteiger partial charge in [-0.25, -0.2) is 9.78 Å². The number of hydrogen-bond acceptors (Lipinski definition) is 6. The van der Waals surface area contributed by atoms with Crippen LogP contribution in [0.4, 0.5) is 5.13 Å². The zero-order valence-corrected chi connectivity index (χ0v) is 12.7. The van der Waals surface area contributed by atoms with Crippen molar-refractivity contribution in [3.05, 3.63) is 33.0 Å². The van der Waals surface area contributed by atoms with Crippen LogP contribution >= 0.6 is 22.7 Å². The van der Waals surface area contributed by atoms with Crippen molar-refractivity contribution in [3.63, 3.8) is 0 Å². The van der Waals surface area contributed by atoms with Crippen LogP contribution in [0.5, 0.6) is 0 Å². The molecule has 1 unspecified atom stereocenters. The number of aryl methyl sites for hydroxylation is 1. The topological polar surface area (TPSA) is 51.2 Å². The van der Waals surface area contributed by atoms with Crippen molar-refractivity contribution < 1.29 is 9.53 Å². The van der Waals surface area contributed by atoms with E-state index in [9.17, 15) is 4.79 Å². The first kappa shape index (κ1) is 14.0. The number of carbonyl (C=O) groups is 1. The molecule has 0 aliphatic rings. The van der Waals surface area contributed by atoms with Crippen molar-refractivity contribution in [1.29, 1.82) is 0 Å². The maximum absolute atomic E-state index is 11.3. The number of thiophene rings is 1. The Labute approximate surface area is 120 Å². The average molecular weight is 296 g/mol. The summed E-state index contributed by atoms with van der Waals surface area (Å²) in [6.45, 7) is 4.21. The highest BCUT2D eigenvalue weighted by atomic mass is 32.1. The fraction of sp³-hybridized carbons (Fsp3) is 0.385. The van der Waals surface area contributed by atoms with Crippen LogP contribution in [-0.4, -0.2) is 24.1 Å². The number of anilines is 1. The lowest BCUT2D eigenvalue weighted by molar-refractivity contribution is 0.0595. The molecule has 2 aromatic heterocycles. The summed E-state index contributed by atoms with van der Waals surface area (Å²) in [6, 6.07) is 4.56. The maximum Gasteiger partial charge on any atom is 0.357 e. The summed E-state index contributed by atoms with van der Waals surface area (Å²) in [5.74, 6) is -0.397. The molecule has 1 atom stereocenters. The highest BCUT2D eigenvalue weighted by molar-refractivity contribution is 7.14. The largest absolute Gasteiger partial charge is 0.464 e. The van der Waals surface area contributed by atoms with Crippen LogP contribution in [0.3, 0.4) is 0 Å². The third kappa shape index (κ3) is 3.78. The first-order chi connectivity index (χ1) is 9.08. The first-order valence-electron chi connectivity index (χ1n) is 5.94. The number of esters is 1. The summed E-state index contributed by atoms with van der Waals surface area (Å²) in [4.78, 5) is 18.2. The van der Waals surface area contributed by atoms with Crippen LogP contribution in [0.15, 0.2) is 17.5 Å². The third-order valence-electron chi connectivity index (χ3n) is 2.57. The van der Waals surface area contributed by atoms with Gasteiger partial charge < -0.3 is 10.1 Å². The summed E-state index contributed by atoms with van der Waals surface area (Å²) in [7, 11) is 1.36. The fourth-order valence-corrected chi connectivity index (χ4v) is 3.51. The van der Waals surface area contributed by atoms with Crippen LogP contribution in [0.25, 0.3) is 0 Å². The van der Waals surface area contributed by atoms with Crippen molar-refractivity contribution >= 4 is 33.8 Å². The molecule has 2 rings (SSSR count). The smallest absolute Gasteiger partial charge is 0.357 e. The number of rotatable bonds is 5. The molecule has 0 aliphatic heterocycles. The molecule has 0 radical (unpaired) electrons. The van der Waals surface area contributed by atoms with Crippen molar-refractivity contribution in [1.82, 2.24) is 4.98 Å². The number of carbonyl (C=O) groups excluding carboxylic acids is 1. The molecular weight excluding hydrogens is 280 g/mol. The average Bonchev–Trinajstić information content (AvgIpc) is 2.98. The highest BCUT2D eigenvalue weighted by Gasteiger charge is 2.12. The molecule has 0 fully saturated rings. The van der Waals surface area contributed by atoms with E-state index < -0.39 is 5.97 Å². The van der Waals surface area contributed by atoms with Crippen LogP contribution in [0.1, 0.15) is 27.2 Å². The van der Waals surface area contributed by atoms with Gasteiger partial charge in [0.2, 0.25) is 0 Å². The van der Waals surface area contributed by atoms with Crippen LogP contribution in [0.2, 0.25) is 0 Å². The number of methoxy groups -OCH3 is 1. The predicted molar refractivity (Wildman–Crippen MR) is 79.3 cm³/mol. The van der Waals surface area contributed by atoms with E-state index >= 15 is 0 Å². The molecule has 0 aliphatic carbocycles. The van der Waals surface area contributed by atoms with Gasteiger partial charge in [0.15, 0.2) is 10.8 Å². The summed E-state index contributed by atoms with van der Waals surface area (Å²) >= 11 is 3.23. The molecule has 2 heterocycles. The van der Waals surface area contributed by atoms with E-state index in [0.29, 0.717) is 5.69 Å². The van der Waals surface area contributed by atoms with Gasteiger partial charge >= 0.3 is 5.97 Å². The van der Waals surface area contributed by atoms with E-state index in [1.54, 1.807) is 5.38 Å². The number of hydrogen-bond donors (Lipinski definition) is 1. The number of thiazole rings is 1. The van der Waals surface area contributed by atoms with Crippen molar-refractivity contribution in [2.75, 3.05) is 12.4 Å². The molecule has 0 amide bonds. The Kier molecular flexibility index (Phi) is 4.55. The standard InChI is InChI=1S/C13H16N2O2S2/c1-8(6-10-5-4-9(2)19-10)14-13-15-11(7-18-13)12(16)17-3/h4-5,7-8H,6H2,1-3H3,(H,14,15). The van der Waals surface area contributed by atoms with Gasteiger partial charge in [0.05, 0.1) is 7.11 Å². The lowest BCUT2D eigenvalue weighted by Crippen LogP contribution is -2.17. The van der Waals surface area contributed by atoms with Gasteiger partial charge in [0, 0.05) is 27.6 Å². The normalized spacial score (nSPS) is 12.2. The van der Waals surface area contributed by atoms with Gasteiger partial charge in [-0.1, -0.05) is 0 Å². The van der Waals surface area contributed by atoms with Crippen LogP contribution < -0.4 is 5.32 Å². The van der Waals surface area contributed by atoms with E-state index in [-0.39, 0.29) is 6.04 Å². The Morgan fingerprint density at radius 2 is 2.32 bits per heavy atom. The Balaban J connectivity index is 1.93. The Morgan fingerprint density at radius 3 is 2.95 bits per heavy atom. The summed E-state index contributed by atoms with van der Waals surface area (Å²) < 4.78 is 4.63. The number of ether oxygens (including phenoxy) is 1. The zero-order chi connectivity index (χ0) is 13.8. The molecule has 6 heteroatoms. The molecule has 2 aromatic rings. The number of nitrogens with zero attached hydrogens (tertiary/aromatic N) is 1. The molecule has 1 N–H and O–H groups in total. The first-order valence-corrected chi connectivity index (χ1v) is 7.64. The maximum atomic E-state index is 11.3. The molecule has 0 spiro atoms. The second-order valence-electron chi connectivity index (χ2n) is 4.29. The second-order valence-corrected chi connectivity index (χ2v) is 6.52.